The normalized spacial score (nSPS) is 22.6. The number of hydrogen-bond acceptors (Lipinski definition) is 3. The van der Waals surface area contributed by atoms with Gasteiger partial charge in [0, 0.05) is 12.1 Å². The van der Waals surface area contributed by atoms with Crippen molar-refractivity contribution in [3.05, 3.63) is 35.1 Å². The number of likely N-dealkylation sites (tertiary alicyclic amines) is 1. The zero-order valence-corrected chi connectivity index (χ0v) is 11.2. The van der Waals surface area contributed by atoms with Gasteiger partial charge < -0.3 is 15.7 Å². The monoisotopic (exact) mass is 280 g/mol. The fourth-order valence-electron chi connectivity index (χ4n) is 2.41. The first-order chi connectivity index (χ1) is 9.33. The van der Waals surface area contributed by atoms with Gasteiger partial charge in [-0.15, -0.1) is 0 Å². The summed E-state index contributed by atoms with van der Waals surface area (Å²) in [6.07, 6.45) is 0.702. The summed E-state index contributed by atoms with van der Waals surface area (Å²) in [7, 11) is 0. The number of rotatable bonds is 2. The summed E-state index contributed by atoms with van der Waals surface area (Å²) < 4.78 is 13.3. The molecule has 1 aliphatic rings. The molecule has 0 bridgehead atoms. The molecular formula is C14H17FN2O3. The van der Waals surface area contributed by atoms with E-state index in [1.807, 2.05) is 0 Å². The maximum absolute atomic E-state index is 13.3. The molecule has 1 aromatic rings. The van der Waals surface area contributed by atoms with Crippen LogP contribution >= 0.6 is 0 Å². The van der Waals surface area contributed by atoms with Crippen molar-refractivity contribution in [2.75, 3.05) is 13.1 Å². The Morgan fingerprint density at radius 2 is 2.15 bits per heavy atom. The summed E-state index contributed by atoms with van der Waals surface area (Å²) in [5, 5.41) is 10.1. The van der Waals surface area contributed by atoms with Crippen molar-refractivity contribution < 1.29 is 19.1 Å². The molecule has 3 N–H and O–H groups in total. The smallest absolute Gasteiger partial charge is 0.254 e. The van der Waals surface area contributed by atoms with Crippen LogP contribution in [0.15, 0.2) is 18.2 Å². The number of carbonyl (C=O) groups is 2. The van der Waals surface area contributed by atoms with Gasteiger partial charge in [-0.05, 0) is 37.5 Å². The van der Waals surface area contributed by atoms with Gasteiger partial charge in [0.15, 0.2) is 5.60 Å². The Hall–Kier alpha value is -1.95. The fourth-order valence-corrected chi connectivity index (χ4v) is 2.41. The second kappa shape index (κ2) is 5.20. The predicted octanol–water partition coefficient (Wildman–Crippen LogP) is 0.587. The summed E-state index contributed by atoms with van der Waals surface area (Å²) in [6, 6.07) is 3.96. The van der Waals surface area contributed by atoms with Crippen LogP contribution in [0.4, 0.5) is 4.39 Å². The Bertz CT molecular complexity index is 561. The summed E-state index contributed by atoms with van der Waals surface area (Å²) in [5.41, 5.74) is 4.35. The van der Waals surface area contributed by atoms with Gasteiger partial charge in [0.05, 0.1) is 6.54 Å². The molecule has 0 aliphatic carbocycles. The summed E-state index contributed by atoms with van der Waals surface area (Å²) in [6.45, 7) is 1.96. The molecule has 108 valence electrons. The topological polar surface area (TPSA) is 83.6 Å². The first-order valence-electron chi connectivity index (χ1n) is 6.41. The number of aryl methyl sites for hydroxylation is 1. The van der Waals surface area contributed by atoms with Gasteiger partial charge in [-0.2, -0.15) is 0 Å². The van der Waals surface area contributed by atoms with Crippen LogP contribution in [-0.2, 0) is 4.79 Å². The van der Waals surface area contributed by atoms with Crippen LogP contribution in [0.3, 0.4) is 0 Å². The van der Waals surface area contributed by atoms with E-state index in [-0.39, 0.29) is 18.5 Å². The summed E-state index contributed by atoms with van der Waals surface area (Å²) in [4.78, 5) is 25.0. The minimum atomic E-state index is -1.70. The van der Waals surface area contributed by atoms with E-state index in [1.54, 1.807) is 6.92 Å². The number of carbonyl (C=O) groups excluding carboxylic acids is 2. The standard InChI is InChI=1S/C14H17FN2O3/c1-9-3-4-10(15)7-11(9)12(18)17-6-2-5-14(20,8-17)13(16)19/h3-4,7,20H,2,5-6,8H2,1H3,(H2,16,19)/t14-/m1/s1. The van der Waals surface area contributed by atoms with Gasteiger partial charge in [0.2, 0.25) is 0 Å². The van der Waals surface area contributed by atoms with E-state index in [9.17, 15) is 19.1 Å². The number of halogens is 1. The van der Waals surface area contributed by atoms with Crippen molar-refractivity contribution in [3.63, 3.8) is 0 Å². The lowest BCUT2D eigenvalue weighted by molar-refractivity contribution is -0.140. The van der Waals surface area contributed by atoms with Crippen LogP contribution in [0.5, 0.6) is 0 Å². The Balaban J connectivity index is 2.25. The van der Waals surface area contributed by atoms with Gasteiger partial charge in [-0.1, -0.05) is 6.07 Å². The number of hydrogen-bond donors (Lipinski definition) is 2. The van der Waals surface area contributed by atoms with Crippen LogP contribution in [0.25, 0.3) is 0 Å². The predicted molar refractivity (Wildman–Crippen MR) is 70.4 cm³/mol. The number of nitrogens with two attached hydrogens (primary N) is 1. The van der Waals surface area contributed by atoms with E-state index < -0.39 is 23.2 Å². The number of amides is 2. The average molecular weight is 280 g/mol. The molecule has 0 spiro atoms. The number of aliphatic hydroxyl groups is 1. The van der Waals surface area contributed by atoms with Crippen LogP contribution < -0.4 is 5.73 Å². The third-order valence-corrected chi connectivity index (χ3v) is 3.65. The highest BCUT2D eigenvalue weighted by Gasteiger charge is 2.40. The molecule has 0 saturated carbocycles. The Labute approximate surface area is 116 Å². The zero-order chi connectivity index (χ0) is 14.9. The molecule has 1 aliphatic heterocycles. The maximum atomic E-state index is 13.3. The highest BCUT2D eigenvalue weighted by Crippen LogP contribution is 2.23. The van der Waals surface area contributed by atoms with Crippen LogP contribution in [0.2, 0.25) is 0 Å². The van der Waals surface area contributed by atoms with Crippen molar-refractivity contribution in [2.24, 2.45) is 5.73 Å². The lowest BCUT2D eigenvalue weighted by atomic mass is 9.91. The third-order valence-electron chi connectivity index (χ3n) is 3.65. The van der Waals surface area contributed by atoms with E-state index in [2.05, 4.69) is 0 Å². The molecule has 20 heavy (non-hydrogen) atoms. The van der Waals surface area contributed by atoms with Crippen LogP contribution in [0.1, 0.15) is 28.8 Å². The van der Waals surface area contributed by atoms with Crippen molar-refractivity contribution in [1.29, 1.82) is 0 Å². The second-order valence-electron chi connectivity index (χ2n) is 5.19. The molecule has 0 aromatic heterocycles. The molecule has 2 rings (SSSR count). The molecule has 5 nitrogen and oxygen atoms in total. The van der Waals surface area contributed by atoms with Gasteiger partial charge in [-0.25, -0.2) is 4.39 Å². The molecule has 0 radical (unpaired) electrons. The molecule has 1 atom stereocenters. The second-order valence-corrected chi connectivity index (χ2v) is 5.19. The lowest BCUT2D eigenvalue weighted by Crippen LogP contribution is -2.57. The molecule has 1 heterocycles. The van der Waals surface area contributed by atoms with Gasteiger partial charge in [0.1, 0.15) is 5.82 Å². The van der Waals surface area contributed by atoms with E-state index in [0.717, 1.165) is 6.07 Å². The maximum Gasteiger partial charge on any atom is 0.254 e. The Morgan fingerprint density at radius 3 is 2.80 bits per heavy atom. The van der Waals surface area contributed by atoms with E-state index in [1.165, 1.54) is 17.0 Å². The number of nitrogens with zero attached hydrogens (tertiary/aromatic N) is 1. The Kier molecular flexibility index (Phi) is 3.76. The van der Waals surface area contributed by atoms with Crippen molar-refractivity contribution in [3.8, 4) is 0 Å². The third kappa shape index (κ3) is 2.65. The first kappa shape index (κ1) is 14.5. The van der Waals surface area contributed by atoms with Gasteiger partial charge in [0.25, 0.3) is 11.8 Å². The van der Waals surface area contributed by atoms with Crippen molar-refractivity contribution >= 4 is 11.8 Å². The molecule has 1 saturated heterocycles. The van der Waals surface area contributed by atoms with Crippen LogP contribution in [-0.4, -0.2) is 40.5 Å². The molecule has 0 unspecified atom stereocenters. The van der Waals surface area contributed by atoms with Crippen LogP contribution in [0, 0.1) is 12.7 Å². The Morgan fingerprint density at radius 1 is 1.45 bits per heavy atom. The summed E-state index contributed by atoms with van der Waals surface area (Å²) >= 11 is 0. The molecular weight excluding hydrogens is 263 g/mol. The minimum absolute atomic E-state index is 0.156. The van der Waals surface area contributed by atoms with Gasteiger partial charge in [-0.3, -0.25) is 9.59 Å². The first-order valence-corrected chi connectivity index (χ1v) is 6.41. The largest absolute Gasteiger partial charge is 0.378 e. The highest BCUT2D eigenvalue weighted by atomic mass is 19.1. The summed E-state index contributed by atoms with van der Waals surface area (Å²) in [5.74, 6) is -1.74. The number of piperidine rings is 1. The number of benzene rings is 1. The average Bonchev–Trinajstić information content (AvgIpc) is 2.40. The zero-order valence-electron chi connectivity index (χ0n) is 11.2. The molecule has 1 fully saturated rings. The number of primary amides is 1. The SMILES string of the molecule is Cc1ccc(F)cc1C(=O)N1CCC[C@](O)(C(N)=O)C1. The highest BCUT2D eigenvalue weighted by molar-refractivity contribution is 5.96. The fraction of sp³-hybridized carbons (Fsp3) is 0.429. The van der Waals surface area contributed by atoms with Crippen molar-refractivity contribution in [1.82, 2.24) is 4.90 Å². The van der Waals surface area contributed by atoms with E-state index in [0.29, 0.717) is 18.5 Å². The lowest BCUT2D eigenvalue weighted by Gasteiger charge is -2.37. The minimum Gasteiger partial charge on any atom is -0.378 e. The molecule has 1 aromatic carbocycles. The molecule has 6 heteroatoms. The van der Waals surface area contributed by atoms with Crippen molar-refractivity contribution in [2.45, 2.75) is 25.4 Å². The van der Waals surface area contributed by atoms with Gasteiger partial charge >= 0.3 is 0 Å². The van der Waals surface area contributed by atoms with E-state index in [4.69, 9.17) is 5.73 Å². The quantitative estimate of drug-likeness (QED) is 0.831. The molecule has 2 amide bonds. The van der Waals surface area contributed by atoms with E-state index >= 15 is 0 Å². The number of β-amino-alcohol motifs (C(OH)–C–C–N with tert-alkyl or cyclic N) is 1.